The number of amides is 2. The minimum Gasteiger partial charge on any atom is -0.394 e. The van der Waals surface area contributed by atoms with Gasteiger partial charge in [0.1, 0.15) is 6.33 Å². The van der Waals surface area contributed by atoms with Crippen molar-refractivity contribution in [2.75, 3.05) is 11.9 Å². The largest absolute Gasteiger partial charge is 0.394 e. The number of aliphatic hydroxyl groups excluding tert-OH is 1. The van der Waals surface area contributed by atoms with Crippen LogP contribution in [0.4, 0.5) is 10.7 Å². The number of rotatable bonds is 6. The van der Waals surface area contributed by atoms with Gasteiger partial charge in [0.15, 0.2) is 0 Å². The van der Waals surface area contributed by atoms with E-state index in [2.05, 4.69) is 15.4 Å². The first-order valence-electron chi connectivity index (χ1n) is 7.75. The van der Waals surface area contributed by atoms with E-state index >= 15 is 0 Å². The summed E-state index contributed by atoms with van der Waals surface area (Å²) in [6.45, 7) is 0.413. The van der Waals surface area contributed by atoms with Crippen molar-refractivity contribution in [3.8, 4) is 0 Å². The normalized spacial score (nSPS) is 15.2. The fraction of sp³-hybridized carbons (Fsp3) is 0.438. The van der Waals surface area contributed by atoms with Crippen LogP contribution in [0.15, 0.2) is 36.7 Å². The zero-order valence-electron chi connectivity index (χ0n) is 13.1. The Kier molecular flexibility index (Phi) is 4.57. The summed E-state index contributed by atoms with van der Waals surface area (Å²) < 4.78 is 1.50. The van der Waals surface area contributed by atoms with Crippen LogP contribution < -0.4 is 5.32 Å². The fourth-order valence-corrected chi connectivity index (χ4v) is 2.68. The number of benzene rings is 1. The van der Waals surface area contributed by atoms with Gasteiger partial charge in [-0.15, -0.1) is 0 Å². The summed E-state index contributed by atoms with van der Waals surface area (Å²) in [5.41, 5.74) is 1.03. The van der Waals surface area contributed by atoms with E-state index in [1.54, 1.807) is 11.9 Å². The van der Waals surface area contributed by atoms with Crippen molar-refractivity contribution in [2.45, 2.75) is 25.4 Å². The first-order valence-corrected chi connectivity index (χ1v) is 7.75. The highest BCUT2D eigenvalue weighted by atomic mass is 16.3. The molecule has 7 heteroatoms. The first-order chi connectivity index (χ1) is 11.2. The Balaban J connectivity index is 1.78. The number of hydrogen-bond donors (Lipinski definition) is 2. The van der Waals surface area contributed by atoms with E-state index in [-0.39, 0.29) is 18.7 Å². The Morgan fingerprint density at radius 2 is 2.17 bits per heavy atom. The van der Waals surface area contributed by atoms with Crippen LogP contribution in [0.3, 0.4) is 0 Å². The molecule has 1 heterocycles. The molecule has 0 saturated heterocycles. The number of nitrogens with zero attached hydrogens (tertiary/aromatic N) is 4. The molecule has 0 spiro atoms. The molecule has 2 amide bonds. The molecule has 1 saturated carbocycles. The Morgan fingerprint density at radius 1 is 1.43 bits per heavy atom. The average Bonchev–Trinajstić information content (AvgIpc) is 3.32. The summed E-state index contributed by atoms with van der Waals surface area (Å²) in [6.07, 6.45) is 3.49. The SMILES string of the molecule is Cn1ncnc1NC(=O)N(Cc1ccccc1)C(CO)C1CC1. The summed E-state index contributed by atoms with van der Waals surface area (Å²) in [5.74, 6) is 0.759. The van der Waals surface area contributed by atoms with E-state index in [9.17, 15) is 9.90 Å². The van der Waals surface area contributed by atoms with E-state index < -0.39 is 0 Å². The molecule has 0 aliphatic heterocycles. The van der Waals surface area contributed by atoms with Crippen LogP contribution in [0.2, 0.25) is 0 Å². The number of anilines is 1. The van der Waals surface area contributed by atoms with Gasteiger partial charge in [0.05, 0.1) is 12.6 Å². The first kappa shape index (κ1) is 15.5. The van der Waals surface area contributed by atoms with Crippen molar-refractivity contribution in [3.05, 3.63) is 42.2 Å². The zero-order chi connectivity index (χ0) is 16.2. The maximum Gasteiger partial charge on any atom is 0.324 e. The molecule has 0 radical (unpaired) electrons. The van der Waals surface area contributed by atoms with Crippen LogP contribution in [-0.2, 0) is 13.6 Å². The van der Waals surface area contributed by atoms with Crippen molar-refractivity contribution in [3.63, 3.8) is 0 Å². The topological polar surface area (TPSA) is 83.3 Å². The lowest BCUT2D eigenvalue weighted by molar-refractivity contribution is 0.124. The molecular formula is C16H21N5O2. The molecule has 1 aliphatic carbocycles. The fourth-order valence-electron chi connectivity index (χ4n) is 2.68. The lowest BCUT2D eigenvalue weighted by Crippen LogP contribution is -2.45. The van der Waals surface area contributed by atoms with E-state index in [1.165, 1.54) is 11.0 Å². The number of carbonyl (C=O) groups excluding carboxylic acids is 1. The predicted octanol–water partition coefficient (Wildman–Crippen LogP) is 1.62. The van der Waals surface area contributed by atoms with Crippen molar-refractivity contribution in [2.24, 2.45) is 13.0 Å². The molecule has 1 unspecified atom stereocenters. The smallest absolute Gasteiger partial charge is 0.324 e. The van der Waals surface area contributed by atoms with Crippen LogP contribution in [0.5, 0.6) is 0 Å². The maximum atomic E-state index is 12.7. The van der Waals surface area contributed by atoms with E-state index in [4.69, 9.17) is 0 Å². The minimum absolute atomic E-state index is 0.0380. The Bertz CT molecular complexity index is 654. The standard InChI is InChI=1S/C16H21N5O2/c1-20-15(17-11-18-20)19-16(23)21(14(10-22)13-7-8-13)9-12-5-3-2-4-6-12/h2-6,11,13-14,22H,7-10H2,1H3,(H,17,18,19,23). The molecule has 1 fully saturated rings. The predicted molar refractivity (Wildman–Crippen MR) is 85.6 cm³/mol. The molecule has 1 atom stereocenters. The van der Waals surface area contributed by atoms with Crippen molar-refractivity contribution < 1.29 is 9.90 Å². The number of urea groups is 1. The molecule has 2 N–H and O–H groups in total. The van der Waals surface area contributed by atoms with Gasteiger partial charge in [0.25, 0.3) is 0 Å². The molecule has 2 aromatic rings. The third kappa shape index (κ3) is 3.68. The Hall–Kier alpha value is -2.41. The quantitative estimate of drug-likeness (QED) is 0.848. The molecule has 0 bridgehead atoms. The lowest BCUT2D eigenvalue weighted by atomic mass is 10.1. The second kappa shape index (κ2) is 6.78. The molecule has 1 aromatic carbocycles. The second-order valence-corrected chi connectivity index (χ2v) is 5.84. The summed E-state index contributed by atoms with van der Waals surface area (Å²) in [5, 5.41) is 16.5. The van der Waals surface area contributed by atoms with Crippen LogP contribution in [0.1, 0.15) is 18.4 Å². The third-order valence-corrected chi connectivity index (χ3v) is 4.14. The zero-order valence-corrected chi connectivity index (χ0v) is 13.1. The number of nitrogens with one attached hydrogen (secondary N) is 1. The van der Waals surface area contributed by atoms with E-state index in [1.807, 2.05) is 30.3 Å². The molecule has 1 aliphatic rings. The van der Waals surface area contributed by atoms with Crippen molar-refractivity contribution in [1.29, 1.82) is 0 Å². The van der Waals surface area contributed by atoms with Crippen molar-refractivity contribution >= 4 is 12.0 Å². The number of aliphatic hydroxyl groups is 1. The van der Waals surface area contributed by atoms with Crippen LogP contribution >= 0.6 is 0 Å². The van der Waals surface area contributed by atoms with Gasteiger partial charge >= 0.3 is 6.03 Å². The van der Waals surface area contributed by atoms with Gasteiger partial charge in [-0.1, -0.05) is 30.3 Å². The summed E-state index contributed by atoms with van der Waals surface area (Å²) in [4.78, 5) is 18.4. The summed E-state index contributed by atoms with van der Waals surface area (Å²) >= 11 is 0. The van der Waals surface area contributed by atoms with Gasteiger partial charge in [-0.25, -0.2) is 9.48 Å². The third-order valence-electron chi connectivity index (χ3n) is 4.14. The summed E-state index contributed by atoms with van der Waals surface area (Å²) in [7, 11) is 1.72. The van der Waals surface area contributed by atoms with Gasteiger partial charge in [-0.05, 0) is 24.3 Å². The molecule has 1 aromatic heterocycles. The highest BCUT2D eigenvalue weighted by Crippen LogP contribution is 2.36. The van der Waals surface area contributed by atoms with E-state index in [0.29, 0.717) is 18.4 Å². The lowest BCUT2D eigenvalue weighted by Gasteiger charge is -2.30. The van der Waals surface area contributed by atoms with Gasteiger partial charge in [-0.2, -0.15) is 10.1 Å². The van der Waals surface area contributed by atoms with Gasteiger partial charge < -0.3 is 10.0 Å². The number of carbonyl (C=O) groups is 1. The molecule has 23 heavy (non-hydrogen) atoms. The van der Waals surface area contributed by atoms with Gasteiger partial charge in [-0.3, -0.25) is 5.32 Å². The molecular weight excluding hydrogens is 294 g/mol. The monoisotopic (exact) mass is 315 g/mol. The highest BCUT2D eigenvalue weighted by molar-refractivity contribution is 5.87. The van der Waals surface area contributed by atoms with Crippen molar-refractivity contribution in [1.82, 2.24) is 19.7 Å². The Morgan fingerprint density at radius 3 is 2.74 bits per heavy atom. The number of hydrogen-bond acceptors (Lipinski definition) is 4. The highest BCUT2D eigenvalue weighted by Gasteiger charge is 2.37. The summed E-state index contributed by atoms with van der Waals surface area (Å²) in [6, 6.07) is 9.34. The average molecular weight is 315 g/mol. The van der Waals surface area contributed by atoms with Crippen LogP contribution in [-0.4, -0.2) is 43.5 Å². The molecule has 7 nitrogen and oxygen atoms in total. The molecule has 122 valence electrons. The Labute approximate surface area is 134 Å². The van der Waals surface area contributed by atoms with Crippen LogP contribution in [0, 0.1) is 5.92 Å². The van der Waals surface area contributed by atoms with Gasteiger partial charge in [0.2, 0.25) is 5.95 Å². The number of aryl methyl sites for hydroxylation is 1. The molecule has 3 rings (SSSR count). The second-order valence-electron chi connectivity index (χ2n) is 5.84. The maximum absolute atomic E-state index is 12.7. The van der Waals surface area contributed by atoms with E-state index in [0.717, 1.165) is 18.4 Å². The van der Waals surface area contributed by atoms with Crippen LogP contribution in [0.25, 0.3) is 0 Å². The minimum atomic E-state index is -0.268. The van der Waals surface area contributed by atoms with Gasteiger partial charge in [0, 0.05) is 13.6 Å². The number of aromatic nitrogens is 3.